The lowest BCUT2D eigenvalue weighted by Crippen LogP contribution is -2.42. The summed E-state index contributed by atoms with van der Waals surface area (Å²) in [6.45, 7) is 1.95. The number of carbonyl (C=O) groups is 2. The second-order valence-electron chi connectivity index (χ2n) is 5.43. The van der Waals surface area contributed by atoms with Crippen molar-refractivity contribution in [2.75, 3.05) is 0 Å². The van der Waals surface area contributed by atoms with E-state index in [1.54, 1.807) is 0 Å². The van der Waals surface area contributed by atoms with E-state index in [0.29, 0.717) is 12.8 Å². The number of imide groups is 1. The molecule has 1 aliphatic carbocycles. The Morgan fingerprint density at radius 2 is 2.11 bits per heavy atom. The van der Waals surface area contributed by atoms with E-state index in [1.807, 2.05) is 17.6 Å². The standard InChI is InChI=1S/C14H18N2O3/c1-8-7-9-10(3-2-4-12(9)17)16(8)11-5-6-13(18)15-14(11)19/h7,11-12,17H,2-6H2,1H3,(H,15,18,19). The van der Waals surface area contributed by atoms with Gasteiger partial charge in [0.25, 0.3) is 0 Å². The molecule has 0 aromatic carbocycles. The SMILES string of the molecule is Cc1cc2c(n1C1CCC(=O)NC1=O)CCCC2O. The van der Waals surface area contributed by atoms with Gasteiger partial charge in [0.2, 0.25) is 11.8 Å². The van der Waals surface area contributed by atoms with Gasteiger partial charge in [-0.2, -0.15) is 0 Å². The number of nitrogens with zero attached hydrogens (tertiary/aromatic N) is 1. The van der Waals surface area contributed by atoms with E-state index < -0.39 is 6.10 Å². The van der Waals surface area contributed by atoms with Gasteiger partial charge in [-0.25, -0.2) is 0 Å². The minimum atomic E-state index is -0.419. The molecule has 2 aliphatic rings. The molecule has 2 N–H and O–H groups in total. The van der Waals surface area contributed by atoms with Gasteiger partial charge in [-0.1, -0.05) is 0 Å². The molecule has 1 saturated heterocycles. The van der Waals surface area contributed by atoms with Crippen LogP contribution < -0.4 is 5.32 Å². The molecular weight excluding hydrogens is 244 g/mol. The predicted molar refractivity (Wildman–Crippen MR) is 68.5 cm³/mol. The van der Waals surface area contributed by atoms with Crippen LogP contribution in [0.1, 0.15) is 54.8 Å². The smallest absolute Gasteiger partial charge is 0.249 e. The van der Waals surface area contributed by atoms with Gasteiger partial charge < -0.3 is 9.67 Å². The number of aliphatic hydroxyl groups is 1. The quantitative estimate of drug-likeness (QED) is 0.746. The van der Waals surface area contributed by atoms with Crippen molar-refractivity contribution in [1.82, 2.24) is 9.88 Å². The minimum Gasteiger partial charge on any atom is -0.388 e. The Morgan fingerprint density at radius 3 is 2.84 bits per heavy atom. The molecule has 1 aromatic rings. The monoisotopic (exact) mass is 262 g/mol. The first-order chi connectivity index (χ1) is 9.08. The third-order valence-corrected chi connectivity index (χ3v) is 4.14. The Hall–Kier alpha value is -1.62. The molecule has 0 saturated carbocycles. The first-order valence-electron chi connectivity index (χ1n) is 6.80. The van der Waals surface area contributed by atoms with Crippen LogP contribution in [-0.2, 0) is 16.0 Å². The molecule has 1 fully saturated rings. The molecule has 19 heavy (non-hydrogen) atoms. The number of amides is 2. The maximum absolute atomic E-state index is 12.0. The van der Waals surface area contributed by atoms with E-state index in [4.69, 9.17) is 0 Å². The first-order valence-corrected chi connectivity index (χ1v) is 6.80. The van der Waals surface area contributed by atoms with Gasteiger partial charge in [-0.05, 0) is 38.7 Å². The van der Waals surface area contributed by atoms with Crippen molar-refractivity contribution in [3.8, 4) is 0 Å². The van der Waals surface area contributed by atoms with Crippen LogP contribution >= 0.6 is 0 Å². The average Bonchev–Trinajstić information content (AvgIpc) is 2.68. The number of hydrogen-bond acceptors (Lipinski definition) is 3. The maximum atomic E-state index is 12.0. The van der Waals surface area contributed by atoms with Crippen molar-refractivity contribution in [1.29, 1.82) is 0 Å². The second-order valence-corrected chi connectivity index (χ2v) is 5.43. The van der Waals surface area contributed by atoms with Crippen molar-refractivity contribution in [3.63, 3.8) is 0 Å². The van der Waals surface area contributed by atoms with Crippen LogP contribution in [0.25, 0.3) is 0 Å². The van der Waals surface area contributed by atoms with Gasteiger partial charge in [-0.15, -0.1) is 0 Å². The third kappa shape index (κ3) is 1.98. The first kappa shape index (κ1) is 12.4. The summed E-state index contributed by atoms with van der Waals surface area (Å²) in [6, 6.07) is 1.66. The normalized spacial score (nSPS) is 27.1. The molecule has 3 rings (SSSR count). The van der Waals surface area contributed by atoms with E-state index in [1.165, 1.54) is 0 Å². The number of rotatable bonds is 1. The number of hydrogen-bond donors (Lipinski definition) is 2. The third-order valence-electron chi connectivity index (χ3n) is 4.14. The zero-order chi connectivity index (χ0) is 13.6. The largest absolute Gasteiger partial charge is 0.388 e. The molecule has 2 atom stereocenters. The molecule has 0 spiro atoms. The predicted octanol–water partition coefficient (Wildman–Crippen LogP) is 1.14. The number of aromatic nitrogens is 1. The summed E-state index contributed by atoms with van der Waals surface area (Å²) < 4.78 is 2.01. The Balaban J connectivity index is 2.01. The van der Waals surface area contributed by atoms with Crippen LogP contribution in [0.5, 0.6) is 0 Å². The molecule has 102 valence electrons. The molecule has 2 amide bonds. The molecule has 5 nitrogen and oxygen atoms in total. The fourth-order valence-electron chi connectivity index (χ4n) is 3.26. The lowest BCUT2D eigenvalue weighted by Gasteiger charge is -2.28. The van der Waals surface area contributed by atoms with Gasteiger partial charge in [0.15, 0.2) is 0 Å². The molecule has 2 heterocycles. The Labute approximate surface area is 111 Å². The lowest BCUT2D eigenvalue weighted by atomic mass is 9.94. The molecule has 0 radical (unpaired) electrons. The zero-order valence-electron chi connectivity index (χ0n) is 11.0. The van der Waals surface area contributed by atoms with Crippen LogP contribution in [0, 0.1) is 6.92 Å². The van der Waals surface area contributed by atoms with Crippen molar-refractivity contribution < 1.29 is 14.7 Å². The Morgan fingerprint density at radius 1 is 1.32 bits per heavy atom. The topological polar surface area (TPSA) is 71.3 Å². The van der Waals surface area contributed by atoms with Crippen LogP contribution in [0.4, 0.5) is 0 Å². The van der Waals surface area contributed by atoms with Crippen molar-refractivity contribution in [2.24, 2.45) is 0 Å². The summed E-state index contributed by atoms with van der Waals surface area (Å²) >= 11 is 0. The second kappa shape index (κ2) is 4.49. The summed E-state index contributed by atoms with van der Waals surface area (Å²) in [7, 11) is 0. The van der Waals surface area contributed by atoms with Crippen LogP contribution in [0.2, 0.25) is 0 Å². The maximum Gasteiger partial charge on any atom is 0.249 e. The summed E-state index contributed by atoms with van der Waals surface area (Å²) in [5, 5.41) is 12.4. The van der Waals surface area contributed by atoms with Crippen molar-refractivity contribution in [3.05, 3.63) is 23.0 Å². The molecular formula is C14H18N2O3. The van der Waals surface area contributed by atoms with E-state index in [9.17, 15) is 14.7 Å². The fourth-order valence-corrected chi connectivity index (χ4v) is 3.26. The Kier molecular flexibility index (Phi) is 2.93. The number of nitrogens with one attached hydrogen (secondary N) is 1. The van der Waals surface area contributed by atoms with Crippen LogP contribution in [-0.4, -0.2) is 21.5 Å². The fraction of sp³-hybridized carbons (Fsp3) is 0.571. The summed E-state index contributed by atoms with van der Waals surface area (Å²) in [5.74, 6) is -0.419. The number of piperidine rings is 1. The lowest BCUT2D eigenvalue weighted by molar-refractivity contribution is -0.135. The highest BCUT2D eigenvalue weighted by molar-refractivity contribution is 5.99. The zero-order valence-corrected chi connectivity index (χ0v) is 11.0. The summed E-state index contributed by atoms with van der Waals surface area (Å²) in [6.07, 6.45) is 3.11. The highest BCUT2D eigenvalue weighted by atomic mass is 16.3. The van der Waals surface area contributed by atoms with E-state index in [0.717, 1.165) is 36.2 Å². The summed E-state index contributed by atoms with van der Waals surface area (Å²) in [5.41, 5.74) is 3.00. The highest BCUT2D eigenvalue weighted by Gasteiger charge is 2.32. The molecule has 0 bridgehead atoms. The van der Waals surface area contributed by atoms with E-state index in [2.05, 4.69) is 5.32 Å². The van der Waals surface area contributed by atoms with Crippen LogP contribution in [0.15, 0.2) is 6.07 Å². The molecule has 2 unspecified atom stereocenters. The van der Waals surface area contributed by atoms with Gasteiger partial charge >= 0.3 is 0 Å². The number of aryl methyl sites for hydroxylation is 1. The number of carbonyl (C=O) groups excluding carboxylic acids is 2. The van der Waals surface area contributed by atoms with Gasteiger partial charge in [0, 0.05) is 23.4 Å². The van der Waals surface area contributed by atoms with Gasteiger partial charge in [-0.3, -0.25) is 14.9 Å². The van der Waals surface area contributed by atoms with E-state index >= 15 is 0 Å². The van der Waals surface area contributed by atoms with Crippen molar-refractivity contribution >= 4 is 11.8 Å². The average molecular weight is 262 g/mol. The molecule has 1 aromatic heterocycles. The van der Waals surface area contributed by atoms with Gasteiger partial charge in [0.05, 0.1) is 6.10 Å². The molecule has 5 heteroatoms. The minimum absolute atomic E-state index is 0.194. The van der Waals surface area contributed by atoms with Crippen LogP contribution in [0.3, 0.4) is 0 Å². The van der Waals surface area contributed by atoms with Gasteiger partial charge in [0.1, 0.15) is 6.04 Å². The number of fused-ring (bicyclic) bond motifs is 1. The summed E-state index contributed by atoms with van der Waals surface area (Å²) in [4.78, 5) is 23.2. The van der Waals surface area contributed by atoms with Crippen molar-refractivity contribution in [2.45, 2.75) is 51.2 Å². The Bertz CT molecular complexity index is 547. The molecule has 1 aliphatic heterocycles. The van der Waals surface area contributed by atoms with E-state index in [-0.39, 0.29) is 17.9 Å². The number of aliphatic hydroxyl groups excluding tert-OH is 1. The highest BCUT2D eigenvalue weighted by Crippen LogP contribution is 2.35.